The van der Waals surface area contributed by atoms with E-state index in [0.29, 0.717) is 0 Å². The Balaban J connectivity index is 4.13. The van der Waals surface area contributed by atoms with Crippen LogP contribution in [0.2, 0.25) is 0 Å². The molecular formula is C4H7N3O4. The van der Waals surface area contributed by atoms with Crippen LogP contribution in [0.4, 0.5) is 4.79 Å². The first-order valence-corrected chi connectivity index (χ1v) is 2.48. The first kappa shape index (κ1) is 9.64. The van der Waals surface area contributed by atoms with Gasteiger partial charge in [0.15, 0.2) is 6.54 Å². The van der Waals surface area contributed by atoms with E-state index in [1.807, 2.05) is 0 Å². The summed E-state index contributed by atoms with van der Waals surface area (Å²) >= 11 is 0. The minimum Gasteiger partial charge on any atom is -0.346 e. The molecule has 0 bridgehead atoms. The second kappa shape index (κ2) is 3.16. The van der Waals surface area contributed by atoms with E-state index in [0.717, 1.165) is 0 Å². The highest BCUT2D eigenvalue weighted by Gasteiger charge is 2.29. The predicted molar refractivity (Wildman–Crippen MR) is 32.3 cm³/mol. The van der Waals surface area contributed by atoms with Crippen LogP contribution in [-0.2, 0) is 0 Å². The normalized spacial score (nSPS) is 10.4. The Kier molecular flexibility index (Phi) is 2.77. The number of aliphatic hydroxyl groups is 3. The van der Waals surface area contributed by atoms with Gasteiger partial charge in [-0.05, 0) is 5.01 Å². The Morgan fingerprint density at radius 3 is 2.18 bits per heavy atom. The van der Waals surface area contributed by atoms with Crippen LogP contribution >= 0.6 is 0 Å². The Morgan fingerprint density at radius 2 is 2.09 bits per heavy atom. The van der Waals surface area contributed by atoms with Crippen LogP contribution in [0.3, 0.4) is 0 Å². The van der Waals surface area contributed by atoms with Gasteiger partial charge in [-0.3, -0.25) is 0 Å². The summed E-state index contributed by atoms with van der Waals surface area (Å²) in [5, 5.41) is 25.0. The maximum Gasteiger partial charge on any atom is 0.380 e. The van der Waals surface area contributed by atoms with Crippen molar-refractivity contribution in [2.24, 2.45) is 5.73 Å². The lowest BCUT2D eigenvalue weighted by molar-refractivity contribution is -0.312. The van der Waals surface area contributed by atoms with E-state index in [2.05, 4.69) is 10.7 Å². The molecular weight excluding hydrogens is 154 g/mol. The van der Waals surface area contributed by atoms with Gasteiger partial charge in [-0.1, -0.05) is 0 Å². The summed E-state index contributed by atoms with van der Waals surface area (Å²) in [5.41, 5.74) is 4.59. The quantitative estimate of drug-likeness (QED) is 0.210. The fourth-order valence-corrected chi connectivity index (χ4v) is 0.363. The summed E-state index contributed by atoms with van der Waals surface area (Å²) < 4.78 is 0. The number of amides is 2. The SMILES string of the molecule is [C-]#[N+]N(CC(O)(O)O)C(N)=O. The zero-order valence-electron chi connectivity index (χ0n) is 5.43. The standard InChI is InChI=1S/C4H7N3O4/c1-6-7(3(5)8)2-4(9,10)11/h9-11H,2H2,(H2,5,8). The molecule has 0 aliphatic carbocycles. The molecule has 0 saturated carbocycles. The summed E-state index contributed by atoms with van der Waals surface area (Å²) in [5.74, 6) is -3.08. The number of hydrogen-bond acceptors (Lipinski definition) is 4. The Morgan fingerprint density at radius 1 is 1.64 bits per heavy atom. The third-order valence-corrected chi connectivity index (χ3v) is 0.737. The first-order chi connectivity index (χ1) is 4.87. The smallest absolute Gasteiger partial charge is 0.346 e. The van der Waals surface area contributed by atoms with E-state index in [-0.39, 0.29) is 5.01 Å². The molecule has 0 radical (unpaired) electrons. The molecule has 0 saturated heterocycles. The second-order valence-corrected chi connectivity index (χ2v) is 1.77. The summed E-state index contributed by atoms with van der Waals surface area (Å²) in [6.07, 6.45) is 0. The number of nitrogens with two attached hydrogens (primary N) is 1. The third kappa shape index (κ3) is 4.10. The molecule has 0 aromatic carbocycles. The summed E-state index contributed by atoms with van der Waals surface area (Å²) in [6.45, 7) is 5.32. The molecule has 0 aliphatic rings. The summed E-state index contributed by atoms with van der Waals surface area (Å²) in [4.78, 5) is 12.7. The average molecular weight is 161 g/mol. The maximum absolute atomic E-state index is 10.2. The maximum atomic E-state index is 10.2. The van der Waals surface area contributed by atoms with Gasteiger partial charge < -0.3 is 21.1 Å². The highest BCUT2D eigenvalue weighted by Crippen LogP contribution is 1.98. The molecule has 0 aliphatic heterocycles. The molecule has 0 heterocycles. The Hall–Kier alpha value is -1.36. The molecule has 0 fully saturated rings. The van der Waals surface area contributed by atoms with Crippen molar-refractivity contribution in [1.82, 2.24) is 5.01 Å². The first-order valence-electron chi connectivity index (χ1n) is 2.48. The van der Waals surface area contributed by atoms with Crippen LogP contribution in [0.25, 0.3) is 4.95 Å². The molecule has 7 nitrogen and oxygen atoms in total. The van der Waals surface area contributed by atoms with Crippen LogP contribution in [0, 0.1) is 6.57 Å². The number of carbonyl (C=O) groups is 1. The molecule has 0 atom stereocenters. The number of primary amides is 1. The van der Waals surface area contributed by atoms with Gasteiger partial charge in [0, 0.05) is 0 Å². The Bertz CT molecular complexity index is 190. The van der Waals surface area contributed by atoms with Crippen molar-refractivity contribution in [2.45, 2.75) is 5.97 Å². The molecule has 0 rings (SSSR count). The van der Waals surface area contributed by atoms with Gasteiger partial charge in [-0.25, -0.2) is 4.79 Å². The number of carbonyl (C=O) groups excluding carboxylic acids is 1. The van der Waals surface area contributed by atoms with Gasteiger partial charge >= 0.3 is 12.0 Å². The number of hydrogen-bond donors (Lipinski definition) is 4. The lowest BCUT2D eigenvalue weighted by atomic mass is 10.5. The van der Waals surface area contributed by atoms with Gasteiger partial charge in [0.2, 0.25) is 0 Å². The summed E-state index contributed by atoms with van der Waals surface area (Å²) in [7, 11) is 0. The van der Waals surface area contributed by atoms with Crippen molar-refractivity contribution in [2.75, 3.05) is 6.54 Å². The zero-order valence-corrected chi connectivity index (χ0v) is 5.43. The van der Waals surface area contributed by atoms with Crippen molar-refractivity contribution in [3.63, 3.8) is 0 Å². The number of nitrogens with zero attached hydrogens (tertiary/aromatic N) is 2. The molecule has 5 N–H and O–H groups in total. The molecule has 0 spiro atoms. The van der Waals surface area contributed by atoms with E-state index in [1.165, 1.54) is 0 Å². The molecule has 0 aromatic heterocycles. The fourth-order valence-electron chi connectivity index (χ4n) is 0.363. The van der Waals surface area contributed by atoms with E-state index < -0.39 is 18.5 Å². The number of urea groups is 1. The van der Waals surface area contributed by atoms with Crippen LogP contribution in [0.15, 0.2) is 0 Å². The van der Waals surface area contributed by atoms with Crippen LogP contribution < -0.4 is 5.73 Å². The lowest BCUT2D eigenvalue weighted by Crippen LogP contribution is -2.44. The second-order valence-electron chi connectivity index (χ2n) is 1.77. The average Bonchev–Trinajstić information content (AvgIpc) is 1.80. The molecule has 2 amide bonds. The van der Waals surface area contributed by atoms with Crippen LogP contribution in [0.5, 0.6) is 0 Å². The van der Waals surface area contributed by atoms with Crippen molar-refractivity contribution < 1.29 is 20.1 Å². The lowest BCUT2D eigenvalue weighted by Gasteiger charge is -2.14. The largest absolute Gasteiger partial charge is 0.380 e. The van der Waals surface area contributed by atoms with Crippen molar-refractivity contribution in [1.29, 1.82) is 0 Å². The van der Waals surface area contributed by atoms with Crippen molar-refractivity contribution in [3.05, 3.63) is 11.5 Å². The highest BCUT2D eigenvalue weighted by molar-refractivity contribution is 5.72. The van der Waals surface area contributed by atoms with Gasteiger partial charge in [0.25, 0.3) is 0 Å². The van der Waals surface area contributed by atoms with E-state index >= 15 is 0 Å². The zero-order chi connectivity index (χ0) is 9.07. The molecule has 7 heteroatoms. The van der Waals surface area contributed by atoms with E-state index in [4.69, 9.17) is 21.9 Å². The van der Waals surface area contributed by atoms with Gasteiger partial charge in [0.05, 0.1) is 0 Å². The molecule has 0 aromatic rings. The van der Waals surface area contributed by atoms with Crippen LogP contribution in [0.1, 0.15) is 0 Å². The Labute approximate surface area is 62.1 Å². The summed E-state index contributed by atoms with van der Waals surface area (Å²) in [6, 6.07) is -1.17. The van der Waals surface area contributed by atoms with Gasteiger partial charge in [0.1, 0.15) is 0 Å². The minimum atomic E-state index is -3.08. The molecule has 11 heavy (non-hydrogen) atoms. The van der Waals surface area contributed by atoms with Crippen LogP contribution in [-0.4, -0.2) is 38.9 Å². The van der Waals surface area contributed by atoms with Gasteiger partial charge in [-0.15, -0.1) is 0 Å². The fraction of sp³-hybridized carbons (Fsp3) is 0.500. The minimum absolute atomic E-state index is 0.181. The number of rotatable bonds is 2. The topological polar surface area (TPSA) is 111 Å². The predicted octanol–water partition coefficient (Wildman–Crippen LogP) is -2.17. The molecule has 62 valence electrons. The van der Waals surface area contributed by atoms with E-state index in [9.17, 15) is 4.79 Å². The third-order valence-electron chi connectivity index (χ3n) is 0.737. The van der Waals surface area contributed by atoms with Gasteiger partial charge in [-0.2, -0.15) is 11.5 Å². The highest BCUT2D eigenvalue weighted by atomic mass is 16.7. The van der Waals surface area contributed by atoms with E-state index in [1.54, 1.807) is 0 Å². The van der Waals surface area contributed by atoms with Crippen molar-refractivity contribution in [3.8, 4) is 0 Å². The monoisotopic (exact) mass is 161 g/mol. The molecule has 0 unspecified atom stereocenters. The van der Waals surface area contributed by atoms with Crippen molar-refractivity contribution >= 4 is 6.03 Å².